The van der Waals surface area contributed by atoms with E-state index in [-0.39, 0.29) is 5.25 Å². The zero-order valence-corrected chi connectivity index (χ0v) is 13.8. The van der Waals surface area contributed by atoms with Gasteiger partial charge in [-0.15, -0.1) is 11.8 Å². The molecular weight excluding hydrogens is 304 g/mol. The fraction of sp³-hybridized carbons (Fsp3) is 0.167. The predicted molar refractivity (Wildman–Crippen MR) is 94.5 cm³/mol. The number of hydrogen-bond donors (Lipinski definition) is 1. The minimum atomic E-state index is 0.0524. The summed E-state index contributed by atoms with van der Waals surface area (Å²) < 4.78 is 0. The van der Waals surface area contributed by atoms with Crippen molar-refractivity contribution in [3.8, 4) is 6.07 Å². The van der Waals surface area contributed by atoms with Gasteiger partial charge in [0.05, 0.1) is 5.25 Å². The molecule has 1 aromatic heterocycles. The van der Waals surface area contributed by atoms with Gasteiger partial charge in [0.2, 0.25) is 0 Å². The van der Waals surface area contributed by atoms with Crippen LogP contribution in [0.4, 0.5) is 5.82 Å². The lowest BCUT2D eigenvalue weighted by Crippen LogP contribution is -2.03. The van der Waals surface area contributed by atoms with Crippen LogP contribution in [0.5, 0.6) is 0 Å². The Morgan fingerprint density at radius 3 is 2.61 bits per heavy atom. The topological polar surface area (TPSA) is 61.6 Å². The molecule has 1 unspecified atom stereocenters. The molecule has 3 rings (SSSR count). The van der Waals surface area contributed by atoms with Gasteiger partial charge in [0, 0.05) is 18.0 Å². The SMILES string of the molecule is CNc1cc(C#N)nc(C(C)Sc2ccc3ccccc3c2)n1. The van der Waals surface area contributed by atoms with E-state index in [1.165, 1.54) is 10.8 Å². The molecule has 1 heterocycles. The molecule has 0 radical (unpaired) electrons. The third kappa shape index (κ3) is 3.43. The highest BCUT2D eigenvalue weighted by molar-refractivity contribution is 7.99. The van der Waals surface area contributed by atoms with Crippen LogP contribution >= 0.6 is 11.8 Å². The summed E-state index contributed by atoms with van der Waals surface area (Å²) in [6.07, 6.45) is 0. The smallest absolute Gasteiger partial charge is 0.146 e. The average molecular weight is 320 g/mol. The number of nitriles is 1. The van der Waals surface area contributed by atoms with Crippen LogP contribution in [0.3, 0.4) is 0 Å². The number of thioether (sulfide) groups is 1. The summed E-state index contributed by atoms with van der Waals surface area (Å²) in [6.45, 7) is 2.05. The predicted octanol–water partition coefficient (Wildman–Crippen LogP) is 4.40. The summed E-state index contributed by atoms with van der Waals surface area (Å²) in [5.74, 6) is 1.32. The number of rotatable bonds is 4. The first-order chi connectivity index (χ1) is 11.2. The first-order valence-electron chi connectivity index (χ1n) is 7.32. The molecule has 2 aromatic carbocycles. The van der Waals surface area contributed by atoms with E-state index in [4.69, 9.17) is 5.26 Å². The third-order valence-corrected chi connectivity index (χ3v) is 4.60. The van der Waals surface area contributed by atoms with Gasteiger partial charge in [-0.2, -0.15) is 5.26 Å². The molecule has 4 nitrogen and oxygen atoms in total. The lowest BCUT2D eigenvalue weighted by atomic mass is 10.1. The first-order valence-corrected chi connectivity index (χ1v) is 8.20. The van der Waals surface area contributed by atoms with Crippen LogP contribution in [0.1, 0.15) is 23.7 Å². The number of benzene rings is 2. The van der Waals surface area contributed by atoms with Crippen molar-refractivity contribution in [3.05, 3.63) is 60.0 Å². The van der Waals surface area contributed by atoms with Gasteiger partial charge in [0.25, 0.3) is 0 Å². The van der Waals surface area contributed by atoms with Crippen LogP contribution in [0.2, 0.25) is 0 Å². The van der Waals surface area contributed by atoms with Crippen molar-refractivity contribution < 1.29 is 0 Å². The number of nitrogens with zero attached hydrogens (tertiary/aromatic N) is 3. The molecule has 5 heteroatoms. The van der Waals surface area contributed by atoms with Crippen molar-refractivity contribution in [3.63, 3.8) is 0 Å². The number of hydrogen-bond acceptors (Lipinski definition) is 5. The van der Waals surface area contributed by atoms with Gasteiger partial charge in [-0.05, 0) is 29.8 Å². The van der Waals surface area contributed by atoms with Crippen LogP contribution in [0.15, 0.2) is 53.4 Å². The minimum Gasteiger partial charge on any atom is -0.373 e. The molecule has 1 atom stereocenters. The van der Waals surface area contributed by atoms with Crippen LogP contribution in [0.25, 0.3) is 10.8 Å². The molecule has 0 saturated carbocycles. The van der Waals surface area contributed by atoms with Gasteiger partial charge in [0.15, 0.2) is 0 Å². The molecule has 0 spiro atoms. The van der Waals surface area contributed by atoms with Crippen LogP contribution in [-0.2, 0) is 0 Å². The first kappa shape index (κ1) is 15.3. The highest BCUT2D eigenvalue weighted by atomic mass is 32.2. The Morgan fingerprint density at radius 2 is 1.87 bits per heavy atom. The Labute approximate surface area is 139 Å². The number of anilines is 1. The maximum absolute atomic E-state index is 9.10. The summed E-state index contributed by atoms with van der Waals surface area (Å²) in [5, 5.41) is 14.6. The highest BCUT2D eigenvalue weighted by Crippen LogP contribution is 2.35. The lowest BCUT2D eigenvalue weighted by molar-refractivity contribution is 0.912. The Morgan fingerprint density at radius 1 is 1.09 bits per heavy atom. The van der Waals surface area contributed by atoms with Gasteiger partial charge < -0.3 is 5.32 Å². The summed E-state index contributed by atoms with van der Waals surface area (Å²) in [4.78, 5) is 9.95. The lowest BCUT2D eigenvalue weighted by Gasteiger charge is -2.12. The number of nitrogens with one attached hydrogen (secondary N) is 1. The van der Waals surface area contributed by atoms with Gasteiger partial charge >= 0.3 is 0 Å². The molecule has 1 N–H and O–H groups in total. The molecule has 0 saturated heterocycles. The van der Waals surface area contributed by atoms with Crippen molar-refractivity contribution in [1.29, 1.82) is 5.26 Å². The highest BCUT2D eigenvalue weighted by Gasteiger charge is 2.13. The van der Waals surface area contributed by atoms with Crippen molar-refractivity contribution >= 4 is 28.4 Å². The van der Waals surface area contributed by atoms with Crippen molar-refractivity contribution in [2.45, 2.75) is 17.1 Å². The van der Waals surface area contributed by atoms with Gasteiger partial charge in [-0.3, -0.25) is 0 Å². The second kappa shape index (κ2) is 6.67. The van der Waals surface area contributed by atoms with Crippen LogP contribution < -0.4 is 5.32 Å². The van der Waals surface area contributed by atoms with E-state index in [9.17, 15) is 0 Å². The van der Waals surface area contributed by atoms with Crippen LogP contribution in [0, 0.1) is 11.3 Å². The quantitative estimate of drug-likeness (QED) is 0.722. The van der Waals surface area contributed by atoms with Crippen molar-refractivity contribution in [1.82, 2.24) is 9.97 Å². The summed E-state index contributed by atoms with van der Waals surface area (Å²) in [5.41, 5.74) is 0.380. The summed E-state index contributed by atoms with van der Waals surface area (Å²) in [7, 11) is 1.79. The number of fused-ring (bicyclic) bond motifs is 1. The Bertz CT molecular complexity index is 886. The fourth-order valence-electron chi connectivity index (χ4n) is 2.33. The molecule has 3 aromatic rings. The van der Waals surface area contributed by atoms with Gasteiger partial charge in [-0.1, -0.05) is 30.3 Å². The maximum Gasteiger partial charge on any atom is 0.146 e. The Balaban J connectivity index is 1.88. The average Bonchev–Trinajstić information content (AvgIpc) is 2.61. The molecule has 0 aliphatic carbocycles. The standard InChI is InChI=1S/C18H16N4S/c1-12(18-21-15(11-19)10-17(20-2)22-18)23-16-8-7-13-5-3-4-6-14(13)9-16/h3-10,12H,1-2H3,(H,20,21,22). The van der Waals surface area contributed by atoms with E-state index in [1.54, 1.807) is 24.9 Å². The van der Waals surface area contributed by atoms with Crippen LogP contribution in [-0.4, -0.2) is 17.0 Å². The molecule has 0 fully saturated rings. The maximum atomic E-state index is 9.10. The third-order valence-electron chi connectivity index (χ3n) is 3.51. The molecule has 0 aliphatic heterocycles. The molecule has 114 valence electrons. The number of aromatic nitrogens is 2. The normalized spacial score (nSPS) is 11.9. The molecule has 23 heavy (non-hydrogen) atoms. The summed E-state index contributed by atoms with van der Waals surface area (Å²) >= 11 is 1.69. The monoisotopic (exact) mass is 320 g/mol. The summed E-state index contributed by atoms with van der Waals surface area (Å²) in [6, 6.07) is 18.4. The van der Waals surface area contributed by atoms with E-state index in [2.05, 4.69) is 58.6 Å². The zero-order chi connectivity index (χ0) is 16.2. The van der Waals surface area contributed by atoms with E-state index in [1.807, 2.05) is 12.1 Å². The fourth-order valence-corrected chi connectivity index (χ4v) is 3.29. The largest absolute Gasteiger partial charge is 0.373 e. The molecule has 0 bridgehead atoms. The zero-order valence-electron chi connectivity index (χ0n) is 12.9. The van der Waals surface area contributed by atoms with E-state index in [0.29, 0.717) is 17.3 Å². The van der Waals surface area contributed by atoms with E-state index >= 15 is 0 Å². The molecule has 0 amide bonds. The Kier molecular flexibility index (Phi) is 4.45. The van der Waals surface area contributed by atoms with Gasteiger partial charge in [-0.25, -0.2) is 9.97 Å². The van der Waals surface area contributed by atoms with Gasteiger partial charge in [0.1, 0.15) is 23.4 Å². The van der Waals surface area contributed by atoms with E-state index < -0.39 is 0 Å². The molecule has 0 aliphatic rings. The van der Waals surface area contributed by atoms with Crippen molar-refractivity contribution in [2.75, 3.05) is 12.4 Å². The Hall–Kier alpha value is -2.58. The minimum absolute atomic E-state index is 0.0524. The van der Waals surface area contributed by atoms with E-state index in [0.717, 1.165) is 4.90 Å². The molecular formula is C18H16N4S. The van der Waals surface area contributed by atoms with Crippen molar-refractivity contribution in [2.24, 2.45) is 0 Å². The second-order valence-electron chi connectivity index (χ2n) is 5.13. The second-order valence-corrected chi connectivity index (χ2v) is 6.54.